The maximum absolute atomic E-state index is 13.8. The summed E-state index contributed by atoms with van der Waals surface area (Å²) in [4.78, 5) is 74.6. The zero-order chi connectivity index (χ0) is 28.3. The number of hydrogen-bond donors (Lipinski definition) is 0. The van der Waals surface area contributed by atoms with Crippen molar-refractivity contribution in [1.82, 2.24) is 13.7 Å². The molecule has 11 heteroatoms. The average Bonchev–Trinajstić information content (AvgIpc) is 2.90. The van der Waals surface area contributed by atoms with Crippen LogP contribution in [0.4, 0.5) is 17.1 Å². The number of hydrogen-bond acceptors (Lipinski definition) is 8. The minimum Gasteiger partial charge on any atom is -0.246 e. The quantitative estimate of drug-likeness (QED) is 0.283. The molecule has 39 heavy (non-hydrogen) atoms. The molecule has 3 aromatic carbocycles. The van der Waals surface area contributed by atoms with Crippen LogP contribution < -0.4 is 17.1 Å². The van der Waals surface area contributed by atoms with Crippen LogP contribution in [-0.2, 0) is 9.59 Å². The first-order chi connectivity index (χ1) is 18.7. The van der Waals surface area contributed by atoms with Gasteiger partial charge in [-0.15, -0.1) is 0 Å². The molecule has 0 atom stereocenters. The van der Waals surface area contributed by atoms with Gasteiger partial charge in [-0.1, -0.05) is 18.2 Å². The highest BCUT2D eigenvalue weighted by atomic mass is 16.2. The smallest absolute Gasteiger partial charge is 0.246 e. The molecule has 4 rings (SSSR count). The number of aryl methyl sites for hydroxylation is 3. The molecule has 0 bridgehead atoms. The molecule has 4 aromatic rings. The van der Waals surface area contributed by atoms with Crippen molar-refractivity contribution in [2.24, 2.45) is 15.0 Å². The number of rotatable bonds is 6. The minimum atomic E-state index is -0.993. The molecule has 0 aliphatic rings. The summed E-state index contributed by atoms with van der Waals surface area (Å²) in [5, 5.41) is 0. The number of isocyanates is 2. The van der Waals surface area contributed by atoms with Gasteiger partial charge in [0.15, 0.2) is 0 Å². The van der Waals surface area contributed by atoms with Gasteiger partial charge in [-0.25, -0.2) is 42.7 Å². The molecule has 0 aliphatic heterocycles. The van der Waals surface area contributed by atoms with Gasteiger partial charge in [0.1, 0.15) is 0 Å². The van der Waals surface area contributed by atoms with Crippen molar-refractivity contribution in [3.05, 3.63) is 109 Å². The van der Waals surface area contributed by atoms with E-state index in [1.165, 1.54) is 48.6 Å². The Labute approximate surface area is 220 Å². The fraction of sp³-hybridized carbons (Fsp3) is 0.107. The second-order valence-corrected chi connectivity index (χ2v) is 8.44. The molecule has 1 heterocycles. The predicted octanol–water partition coefficient (Wildman–Crippen LogP) is 3.49. The van der Waals surface area contributed by atoms with E-state index in [2.05, 4.69) is 27.4 Å². The number of aliphatic imine (C=N–C) groups is 3. The second kappa shape index (κ2) is 10.7. The third kappa shape index (κ3) is 4.83. The van der Waals surface area contributed by atoms with E-state index in [0.29, 0.717) is 16.8 Å². The summed E-state index contributed by atoms with van der Waals surface area (Å²) in [6, 6.07) is 13.5. The molecule has 0 aliphatic carbocycles. The summed E-state index contributed by atoms with van der Waals surface area (Å²) in [6.07, 6.45) is 2.90. The first-order valence-corrected chi connectivity index (χ1v) is 11.4. The molecule has 1 aromatic heterocycles. The second-order valence-electron chi connectivity index (χ2n) is 8.44. The van der Waals surface area contributed by atoms with Crippen LogP contribution in [0.1, 0.15) is 16.7 Å². The third-order valence-corrected chi connectivity index (χ3v) is 6.03. The standard InChI is InChI=1S/C28H20N6O5/c1-5-29-23-12-20(9-6-17(23)2)32-26(37)33(21-10-7-18(3)24(13-21)30-15-35)28(39)34(27(32)38)22-11-8-19(4)25(14-22)31-16-36/h6-14H,1H2,2-4H3. The monoisotopic (exact) mass is 520 g/mol. The molecule has 0 radical (unpaired) electrons. The van der Waals surface area contributed by atoms with E-state index >= 15 is 0 Å². The van der Waals surface area contributed by atoms with Gasteiger partial charge in [-0.05, 0) is 86.3 Å². The van der Waals surface area contributed by atoms with Crippen LogP contribution in [0.2, 0.25) is 0 Å². The van der Waals surface area contributed by atoms with E-state index in [4.69, 9.17) is 0 Å². The largest absolute Gasteiger partial charge is 0.345 e. The van der Waals surface area contributed by atoms with Crippen LogP contribution in [-0.4, -0.2) is 31.7 Å². The van der Waals surface area contributed by atoms with Crippen LogP contribution in [0.15, 0.2) is 90.5 Å². The molecule has 0 unspecified atom stereocenters. The summed E-state index contributed by atoms with van der Waals surface area (Å²) in [5.41, 5.74) is 0.0369. The summed E-state index contributed by atoms with van der Waals surface area (Å²) >= 11 is 0. The molecule has 11 nitrogen and oxygen atoms in total. The van der Waals surface area contributed by atoms with Crippen LogP contribution in [0.5, 0.6) is 0 Å². The molecule has 0 amide bonds. The average molecular weight is 521 g/mol. The van der Waals surface area contributed by atoms with Gasteiger partial charge in [0, 0.05) is 0 Å². The van der Waals surface area contributed by atoms with E-state index in [1.807, 2.05) is 0 Å². The molecule has 0 N–H and O–H groups in total. The third-order valence-electron chi connectivity index (χ3n) is 6.03. The van der Waals surface area contributed by atoms with Gasteiger partial charge in [0.2, 0.25) is 12.2 Å². The summed E-state index contributed by atoms with van der Waals surface area (Å²) in [6.45, 7) is 8.64. The first-order valence-electron chi connectivity index (χ1n) is 11.4. The minimum absolute atomic E-state index is 0.0572. The first kappa shape index (κ1) is 26.3. The van der Waals surface area contributed by atoms with Gasteiger partial charge < -0.3 is 0 Å². The van der Waals surface area contributed by atoms with E-state index < -0.39 is 17.1 Å². The lowest BCUT2D eigenvalue weighted by Gasteiger charge is -2.16. The van der Waals surface area contributed by atoms with E-state index in [0.717, 1.165) is 19.3 Å². The summed E-state index contributed by atoms with van der Waals surface area (Å²) < 4.78 is 2.38. The van der Waals surface area contributed by atoms with E-state index in [1.54, 1.807) is 39.0 Å². The predicted molar refractivity (Wildman–Crippen MR) is 146 cm³/mol. The normalized spacial score (nSPS) is 10.2. The lowest BCUT2D eigenvalue weighted by atomic mass is 10.1. The summed E-state index contributed by atoms with van der Waals surface area (Å²) in [5.74, 6) is 2.43. The Hall–Kier alpha value is -5.72. The molecule has 0 saturated carbocycles. The van der Waals surface area contributed by atoms with E-state index in [9.17, 15) is 24.0 Å². The van der Waals surface area contributed by atoms with Crippen molar-refractivity contribution in [2.45, 2.75) is 20.8 Å². The molecule has 192 valence electrons. The molecular weight excluding hydrogens is 500 g/mol. The van der Waals surface area contributed by atoms with Crippen molar-refractivity contribution in [2.75, 3.05) is 0 Å². The number of nitrogens with zero attached hydrogens (tertiary/aromatic N) is 6. The zero-order valence-electron chi connectivity index (χ0n) is 21.1. The molecular formula is C28H20N6O5. The van der Waals surface area contributed by atoms with Gasteiger partial charge in [0.05, 0.1) is 34.1 Å². The number of carbonyl (C=O) groups excluding carboxylic acids is 2. The summed E-state index contributed by atoms with van der Waals surface area (Å²) in [7, 11) is 0. The number of aromatic nitrogens is 3. The topological polar surface area (TPSA) is 137 Å². The maximum atomic E-state index is 13.8. The SMILES string of the molecule is C=C=Nc1cc(-n2c(=O)n(-c3ccc(C)c(N=C=O)c3)c(=O)n(-c3ccc(C)c(N=C=O)c3)c2=O)ccc1C. The Bertz CT molecular complexity index is 1720. The Kier molecular flexibility index (Phi) is 7.24. The zero-order valence-corrected chi connectivity index (χ0v) is 21.1. The molecule has 0 spiro atoms. The van der Waals surface area contributed by atoms with Crippen molar-refractivity contribution in [3.8, 4) is 17.1 Å². The van der Waals surface area contributed by atoms with E-state index in [-0.39, 0.29) is 28.4 Å². The Balaban J connectivity index is 2.19. The lowest BCUT2D eigenvalue weighted by Crippen LogP contribution is -2.52. The van der Waals surface area contributed by atoms with Gasteiger partial charge >= 0.3 is 17.1 Å². The van der Waals surface area contributed by atoms with Crippen molar-refractivity contribution in [1.29, 1.82) is 0 Å². The van der Waals surface area contributed by atoms with Gasteiger partial charge in [-0.3, -0.25) is 0 Å². The van der Waals surface area contributed by atoms with Crippen molar-refractivity contribution < 1.29 is 9.59 Å². The van der Waals surface area contributed by atoms with Crippen LogP contribution >= 0.6 is 0 Å². The van der Waals surface area contributed by atoms with Crippen LogP contribution in [0.3, 0.4) is 0 Å². The highest BCUT2D eigenvalue weighted by molar-refractivity contribution is 5.62. The van der Waals surface area contributed by atoms with Gasteiger partial charge in [-0.2, -0.15) is 9.98 Å². The van der Waals surface area contributed by atoms with Crippen molar-refractivity contribution in [3.63, 3.8) is 0 Å². The Morgan fingerprint density at radius 1 is 0.564 bits per heavy atom. The highest BCUT2D eigenvalue weighted by Crippen LogP contribution is 2.24. The van der Waals surface area contributed by atoms with Crippen LogP contribution in [0, 0.1) is 20.8 Å². The molecule has 0 fully saturated rings. The Morgan fingerprint density at radius 2 is 0.872 bits per heavy atom. The highest BCUT2D eigenvalue weighted by Gasteiger charge is 2.21. The molecule has 0 saturated heterocycles. The Morgan fingerprint density at radius 3 is 1.15 bits per heavy atom. The lowest BCUT2D eigenvalue weighted by molar-refractivity contribution is 0.564. The fourth-order valence-corrected chi connectivity index (χ4v) is 3.96. The number of benzene rings is 3. The fourth-order valence-electron chi connectivity index (χ4n) is 3.96. The van der Waals surface area contributed by atoms with Crippen molar-refractivity contribution >= 4 is 35.1 Å². The van der Waals surface area contributed by atoms with Crippen LogP contribution in [0.25, 0.3) is 17.1 Å². The maximum Gasteiger partial charge on any atom is 0.345 e. The van der Waals surface area contributed by atoms with Gasteiger partial charge in [0.25, 0.3) is 0 Å².